The number of nitrogens with one attached hydrogen (secondary N) is 1. The standard InChI is InChI=1S/C11H24N2O2/c1-3-5-6-8-15-9-7-10(11(12)14)13-4-2/h10,13H,3-9H2,1-2H3,(H2,12,14). The average Bonchev–Trinajstić information content (AvgIpc) is 2.21. The van der Waals surface area contributed by atoms with Crippen LogP contribution >= 0.6 is 0 Å². The molecule has 0 fully saturated rings. The quantitative estimate of drug-likeness (QED) is 0.536. The predicted molar refractivity (Wildman–Crippen MR) is 61.6 cm³/mol. The summed E-state index contributed by atoms with van der Waals surface area (Å²) in [6.07, 6.45) is 4.16. The van der Waals surface area contributed by atoms with Crippen molar-refractivity contribution in [2.75, 3.05) is 19.8 Å². The van der Waals surface area contributed by atoms with Gasteiger partial charge in [0.2, 0.25) is 5.91 Å². The lowest BCUT2D eigenvalue weighted by Crippen LogP contribution is -2.41. The highest BCUT2D eigenvalue weighted by Gasteiger charge is 2.12. The molecule has 0 spiro atoms. The van der Waals surface area contributed by atoms with E-state index in [0.29, 0.717) is 13.0 Å². The molecular formula is C11H24N2O2. The lowest BCUT2D eigenvalue weighted by molar-refractivity contribution is -0.120. The number of primary amides is 1. The molecule has 0 aromatic rings. The molecule has 0 aliphatic carbocycles. The Labute approximate surface area is 92.6 Å². The molecular weight excluding hydrogens is 192 g/mol. The first-order valence-electron chi connectivity index (χ1n) is 5.82. The molecule has 4 heteroatoms. The van der Waals surface area contributed by atoms with Gasteiger partial charge in [-0.3, -0.25) is 4.79 Å². The largest absolute Gasteiger partial charge is 0.381 e. The van der Waals surface area contributed by atoms with Crippen LogP contribution in [0, 0.1) is 0 Å². The van der Waals surface area contributed by atoms with Crippen LogP contribution in [0.2, 0.25) is 0 Å². The Hall–Kier alpha value is -0.610. The zero-order chi connectivity index (χ0) is 11.5. The van der Waals surface area contributed by atoms with Gasteiger partial charge in [0.1, 0.15) is 0 Å². The van der Waals surface area contributed by atoms with Crippen LogP contribution in [-0.2, 0) is 9.53 Å². The molecule has 1 atom stereocenters. The molecule has 0 radical (unpaired) electrons. The van der Waals surface area contributed by atoms with E-state index in [1.807, 2.05) is 6.92 Å². The molecule has 0 aromatic heterocycles. The van der Waals surface area contributed by atoms with Crippen LogP contribution in [-0.4, -0.2) is 31.7 Å². The maximum absolute atomic E-state index is 11.0. The Kier molecular flexibility index (Phi) is 9.52. The lowest BCUT2D eigenvalue weighted by Gasteiger charge is -2.13. The first-order chi connectivity index (χ1) is 7.22. The fourth-order valence-corrected chi connectivity index (χ4v) is 1.35. The Balaban J connectivity index is 3.41. The lowest BCUT2D eigenvalue weighted by atomic mass is 10.2. The fourth-order valence-electron chi connectivity index (χ4n) is 1.35. The minimum Gasteiger partial charge on any atom is -0.381 e. The fraction of sp³-hybridized carbons (Fsp3) is 0.909. The SMILES string of the molecule is CCCCCOCCC(NCC)C(N)=O. The Morgan fingerprint density at radius 1 is 1.33 bits per heavy atom. The van der Waals surface area contributed by atoms with Crippen LogP contribution in [0.5, 0.6) is 0 Å². The van der Waals surface area contributed by atoms with Crippen LogP contribution in [0.1, 0.15) is 39.5 Å². The molecule has 3 N–H and O–H groups in total. The molecule has 0 saturated carbocycles. The Bertz CT molecular complexity index is 163. The number of hydrogen-bond donors (Lipinski definition) is 2. The third kappa shape index (κ3) is 8.39. The zero-order valence-electron chi connectivity index (χ0n) is 9.92. The van der Waals surface area contributed by atoms with Crippen LogP contribution < -0.4 is 11.1 Å². The molecule has 0 aliphatic rings. The maximum Gasteiger partial charge on any atom is 0.234 e. The molecule has 1 amide bonds. The highest BCUT2D eigenvalue weighted by atomic mass is 16.5. The first-order valence-corrected chi connectivity index (χ1v) is 5.82. The van der Waals surface area contributed by atoms with Crippen LogP contribution in [0.4, 0.5) is 0 Å². The van der Waals surface area contributed by atoms with Gasteiger partial charge >= 0.3 is 0 Å². The molecule has 0 aliphatic heterocycles. The Morgan fingerprint density at radius 2 is 2.07 bits per heavy atom. The van der Waals surface area contributed by atoms with Crippen molar-refractivity contribution in [3.05, 3.63) is 0 Å². The van der Waals surface area contributed by atoms with Gasteiger partial charge in [0, 0.05) is 13.2 Å². The number of carbonyl (C=O) groups is 1. The molecule has 0 saturated heterocycles. The number of carbonyl (C=O) groups excluding carboxylic acids is 1. The summed E-state index contributed by atoms with van der Waals surface area (Å²) >= 11 is 0. The summed E-state index contributed by atoms with van der Waals surface area (Å²) in [6, 6.07) is -0.249. The topological polar surface area (TPSA) is 64.3 Å². The predicted octanol–water partition coefficient (Wildman–Crippen LogP) is 1.05. The van der Waals surface area contributed by atoms with Crippen LogP contribution in [0.15, 0.2) is 0 Å². The monoisotopic (exact) mass is 216 g/mol. The van der Waals surface area contributed by atoms with Gasteiger partial charge in [-0.05, 0) is 19.4 Å². The van der Waals surface area contributed by atoms with Gasteiger partial charge in [0.15, 0.2) is 0 Å². The average molecular weight is 216 g/mol. The van der Waals surface area contributed by atoms with Crippen molar-refractivity contribution < 1.29 is 9.53 Å². The van der Waals surface area contributed by atoms with Crippen molar-refractivity contribution >= 4 is 5.91 Å². The van der Waals surface area contributed by atoms with Crippen molar-refractivity contribution in [1.29, 1.82) is 0 Å². The van der Waals surface area contributed by atoms with E-state index in [4.69, 9.17) is 10.5 Å². The van der Waals surface area contributed by atoms with Gasteiger partial charge in [-0.1, -0.05) is 26.7 Å². The smallest absolute Gasteiger partial charge is 0.234 e. The van der Waals surface area contributed by atoms with Gasteiger partial charge in [-0.15, -0.1) is 0 Å². The summed E-state index contributed by atoms with van der Waals surface area (Å²) in [4.78, 5) is 11.0. The maximum atomic E-state index is 11.0. The summed E-state index contributed by atoms with van der Waals surface area (Å²) in [6.45, 7) is 6.26. The summed E-state index contributed by atoms with van der Waals surface area (Å²) in [5.41, 5.74) is 5.23. The van der Waals surface area contributed by atoms with Crippen molar-refractivity contribution in [2.45, 2.75) is 45.6 Å². The normalized spacial score (nSPS) is 12.7. The molecule has 0 rings (SSSR count). The van der Waals surface area contributed by atoms with E-state index < -0.39 is 0 Å². The Morgan fingerprint density at radius 3 is 2.60 bits per heavy atom. The van der Waals surface area contributed by atoms with Crippen LogP contribution in [0.3, 0.4) is 0 Å². The molecule has 1 unspecified atom stereocenters. The minimum atomic E-state index is -0.297. The van der Waals surface area contributed by atoms with Crippen molar-refractivity contribution in [1.82, 2.24) is 5.32 Å². The summed E-state index contributed by atoms with van der Waals surface area (Å²) in [5, 5.41) is 3.03. The molecule has 0 aromatic carbocycles. The van der Waals surface area contributed by atoms with Crippen molar-refractivity contribution in [3.8, 4) is 0 Å². The molecule has 15 heavy (non-hydrogen) atoms. The summed E-state index contributed by atoms with van der Waals surface area (Å²) in [5.74, 6) is -0.297. The third-order valence-electron chi connectivity index (χ3n) is 2.24. The van der Waals surface area contributed by atoms with Gasteiger partial charge in [-0.2, -0.15) is 0 Å². The van der Waals surface area contributed by atoms with E-state index >= 15 is 0 Å². The highest BCUT2D eigenvalue weighted by molar-refractivity contribution is 5.79. The summed E-state index contributed by atoms with van der Waals surface area (Å²) in [7, 11) is 0. The number of hydrogen-bond acceptors (Lipinski definition) is 3. The van der Waals surface area contributed by atoms with E-state index in [9.17, 15) is 4.79 Å². The zero-order valence-corrected chi connectivity index (χ0v) is 9.92. The number of amides is 1. The molecule has 90 valence electrons. The van der Waals surface area contributed by atoms with E-state index in [1.165, 1.54) is 12.8 Å². The molecule has 0 bridgehead atoms. The van der Waals surface area contributed by atoms with E-state index in [1.54, 1.807) is 0 Å². The second kappa shape index (κ2) is 9.93. The second-order valence-electron chi connectivity index (χ2n) is 3.62. The highest BCUT2D eigenvalue weighted by Crippen LogP contribution is 1.97. The first kappa shape index (κ1) is 14.4. The third-order valence-corrected chi connectivity index (χ3v) is 2.24. The minimum absolute atomic E-state index is 0.249. The van der Waals surface area contributed by atoms with E-state index in [0.717, 1.165) is 19.6 Å². The summed E-state index contributed by atoms with van der Waals surface area (Å²) < 4.78 is 5.41. The number of unbranched alkanes of at least 4 members (excludes halogenated alkanes) is 2. The van der Waals surface area contributed by atoms with Crippen LogP contribution in [0.25, 0.3) is 0 Å². The van der Waals surface area contributed by atoms with Crippen molar-refractivity contribution in [3.63, 3.8) is 0 Å². The number of rotatable bonds is 10. The number of likely N-dealkylation sites (N-methyl/N-ethyl adjacent to an activating group) is 1. The van der Waals surface area contributed by atoms with E-state index in [-0.39, 0.29) is 11.9 Å². The number of ether oxygens (including phenoxy) is 1. The van der Waals surface area contributed by atoms with Gasteiger partial charge in [0.25, 0.3) is 0 Å². The molecule has 4 nitrogen and oxygen atoms in total. The van der Waals surface area contributed by atoms with Gasteiger partial charge in [0.05, 0.1) is 6.04 Å². The van der Waals surface area contributed by atoms with E-state index in [2.05, 4.69) is 12.2 Å². The van der Waals surface area contributed by atoms with Crippen molar-refractivity contribution in [2.24, 2.45) is 5.73 Å². The van der Waals surface area contributed by atoms with Gasteiger partial charge in [-0.25, -0.2) is 0 Å². The molecule has 0 heterocycles. The van der Waals surface area contributed by atoms with Gasteiger partial charge < -0.3 is 15.8 Å². The second-order valence-corrected chi connectivity index (χ2v) is 3.62. The number of nitrogens with two attached hydrogens (primary N) is 1.